The Bertz CT molecular complexity index is 1040. The average molecular weight is 394 g/mol. The molecule has 2 aromatic rings. The van der Waals surface area contributed by atoms with Gasteiger partial charge >= 0.3 is 0 Å². The zero-order chi connectivity index (χ0) is 19.4. The highest BCUT2D eigenvalue weighted by atomic mass is 32.2. The van der Waals surface area contributed by atoms with Crippen LogP contribution in [0.3, 0.4) is 0 Å². The van der Waals surface area contributed by atoms with Crippen molar-refractivity contribution in [1.82, 2.24) is 4.31 Å². The number of sulfonamides is 1. The lowest BCUT2D eigenvalue weighted by atomic mass is 9.81. The largest absolute Gasteiger partial charge is 0.497 e. The van der Waals surface area contributed by atoms with Crippen molar-refractivity contribution >= 4 is 21.6 Å². The lowest BCUT2D eigenvalue weighted by molar-refractivity contribution is -0.120. The molecule has 1 N–H and O–H groups in total. The van der Waals surface area contributed by atoms with E-state index in [1.165, 1.54) is 7.11 Å². The highest BCUT2D eigenvalue weighted by molar-refractivity contribution is 7.89. The molecule has 142 valence electrons. The first-order chi connectivity index (χ1) is 12.8. The maximum absolute atomic E-state index is 13.5. The number of carbonyl (C=O) groups excluding carboxylic acids is 1. The predicted molar refractivity (Wildman–Crippen MR) is 93.0 cm³/mol. The number of nitrogens with one attached hydrogen (secondary N) is 1. The number of rotatable bonds is 3. The molecule has 0 aliphatic carbocycles. The van der Waals surface area contributed by atoms with E-state index in [-0.39, 0.29) is 25.4 Å². The fourth-order valence-corrected chi connectivity index (χ4v) is 5.27. The molecule has 1 atom stereocenters. The molecule has 2 aliphatic rings. The molecule has 2 aromatic carbocycles. The molecule has 1 amide bonds. The Morgan fingerprint density at radius 1 is 1.15 bits per heavy atom. The van der Waals surface area contributed by atoms with Crippen molar-refractivity contribution in [3.05, 3.63) is 53.6 Å². The van der Waals surface area contributed by atoms with Crippen LogP contribution in [0.2, 0.25) is 0 Å². The van der Waals surface area contributed by atoms with E-state index in [1.807, 2.05) is 0 Å². The van der Waals surface area contributed by atoms with E-state index in [1.54, 1.807) is 18.2 Å². The SMILES string of the molecule is COc1ccc2c(c1)C1(CCN(S(=O)(=O)c3cc(F)cc(F)c3)C1)C(=O)N2. The topological polar surface area (TPSA) is 75.7 Å². The summed E-state index contributed by atoms with van der Waals surface area (Å²) in [5.41, 5.74) is 0.217. The van der Waals surface area contributed by atoms with Crippen molar-refractivity contribution in [2.45, 2.75) is 16.7 Å². The van der Waals surface area contributed by atoms with Crippen LogP contribution >= 0.6 is 0 Å². The Morgan fingerprint density at radius 2 is 1.85 bits per heavy atom. The lowest BCUT2D eigenvalue weighted by Crippen LogP contribution is -2.39. The number of amides is 1. The van der Waals surface area contributed by atoms with E-state index in [0.717, 1.165) is 16.4 Å². The van der Waals surface area contributed by atoms with Crippen LogP contribution in [-0.2, 0) is 20.2 Å². The molecule has 0 radical (unpaired) electrons. The van der Waals surface area contributed by atoms with Crippen LogP contribution < -0.4 is 10.1 Å². The van der Waals surface area contributed by atoms with Crippen LogP contribution in [0.5, 0.6) is 5.75 Å². The Morgan fingerprint density at radius 3 is 2.52 bits per heavy atom. The van der Waals surface area contributed by atoms with Gasteiger partial charge in [0, 0.05) is 24.8 Å². The monoisotopic (exact) mass is 394 g/mol. The van der Waals surface area contributed by atoms with Gasteiger partial charge in [0.05, 0.1) is 17.4 Å². The third-order valence-electron chi connectivity index (χ3n) is 5.13. The minimum Gasteiger partial charge on any atom is -0.497 e. The zero-order valence-corrected chi connectivity index (χ0v) is 15.1. The molecule has 1 spiro atoms. The number of ether oxygens (including phenoxy) is 1. The quantitative estimate of drug-likeness (QED) is 0.867. The highest BCUT2D eigenvalue weighted by Crippen LogP contribution is 2.46. The molecule has 6 nitrogen and oxygen atoms in total. The van der Waals surface area contributed by atoms with Gasteiger partial charge < -0.3 is 10.1 Å². The van der Waals surface area contributed by atoms with Gasteiger partial charge in [0.2, 0.25) is 15.9 Å². The Labute approximate surface area is 154 Å². The second-order valence-corrected chi connectivity index (χ2v) is 8.58. The fraction of sp³-hybridized carbons (Fsp3) is 0.278. The summed E-state index contributed by atoms with van der Waals surface area (Å²) in [5.74, 6) is -1.70. The summed E-state index contributed by atoms with van der Waals surface area (Å²) in [6.07, 6.45) is 0.260. The van der Waals surface area contributed by atoms with Gasteiger partial charge in [-0.3, -0.25) is 4.79 Å². The highest BCUT2D eigenvalue weighted by Gasteiger charge is 2.53. The molecule has 1 saturated heterocycles. The number of benzene rings is 2. The van der Waals surface area contributed by atoms with Crippen LogP contribution in [0.4, 0.5) is 14.5 Å². The first-order valence-electron chi connectivity index (χ1n) is 8.22. The van der Waals surface area contributed by atoms with Crippen molar-refractivity contribution in [3.63, 3.8) is 0 Å². The molecule has 1 fully saturated rings. The van der Waals surface area contributed by atoms with Gasteiger partial charge in [0.15, 0.2) is 0 Å². The number of hydrogen-bond acceptors (Lipinski definition) is 4. The zero-order valence-electron chi connectivity index (χ0n) is 14.3. The second kappa shape index (κ2) is 6.00. The maximum Gasteiger partial charge on any atom is 0.243 e. The number of anilines is 1. The molecule has 2 aliphatic heterocycles. The third kappa shape index (κ3) is 2.69. The van der Waals surface area contributed by atoms with Crippen molar-refractivity contribution < 1.29 is 26.7 Å². The summed E-state index contributed by atoms with van der Waals surface area (Å²) < 4.78 is 59.0. The molecule has 0 saturated carbocycles. The minimum atomic E-state index is -4.15. The smallest absolute Gasteiger partial charge is 0.243 e. The van der Waals surface area contributed by atoms with E-state index in [0.29, 0.717) is 23.1 Å². The summed E-state index contributed by atoms with van der Waals surface area (Å²) in [5, 5.41) is 2.78. The van der Waals surface area contributed by atoms with Gasteiger partial charge in [-0.25, -0.2) is 17.2 Å². The van der Waals surface area contributed by atoms with Crippen LogP contribution in [0.1, 0.15) is 12.0 Å². The Hall–Kier alpha value is -2.52. The molecular weight excluding hydrogens is 378 g/mol. The normalized spacial score (nSPS) is 22.1. The molecule has 27 heavy (non-hydrogen) atoms. The Balaban J connectivity index is 1.73. The average Bonchev–Trinajstić information content (AvgIpc) is 3.18. The summed E-state index contributed by atoms with van der Waals surface area (Å²) in [6, 6.07) is 7.28. The summed E-state index contributed by atoms with van der Waals surface area (Å²) in [4.78, 5) is 12.2. The van der Waals surface area contributed by atoms with E-state index in [2.05, 4.69) is 5.32 Å². The molecule has 0 bridgehead atoms. The molecule has 9 heteroatoms. The van der Waals surface area contributed by atoms with Gasteiger partial charge in [-0.05, 0) is 42.3 Å². The summed E-state index contributed by atoms with van der Waals surface area (Å²) in [6.45, 7) is -0.0516. The van der Waals surface area contributed by atoms with Crippen molar-refractivity contribution in [3.8, 4) is 5.75 Å². The summed E-state index contributed by atoms with van der Waals surface area (Å²) >= 11 is 0. The van der Waals surface area contributed by atoms with Crippen molar-refractivity contribution in [1.29, 1.82) is 0 Å². The first kappa shape index (κ1) is 17.9. The molecule has 4 rings (SSSR count). The number of halogens is 2. The fourth-order valence-electron chi connectivity index (χ4n) is 3.73. The van der Waals surface area contributed by atoms with Crippen LogP contribution in [0.15, 0.2) is 41.3 Å². The number of methoxy groups -OCH3 is 1. The van der Waals surface area contributed by atoms with E-state index in [9.17, 15) is 22.0 Å². The van der Waals surface area contributed by atoms with E-state index >= 15 is 0 Å². The Kier molecular flexibility index (Phi) is 3.97. The van der Waals surface area contributed by atoms with Crippen LogP contribution in [0.25, 0.3) is 0 Å². The van der Waals surface area contributed by atoms with Crippen LogP contribution in [0, 0.1) is 11.6 Å². The number of fused-ring (bicyclic) bond motifs is 2. The van der Waals surface area contributed by atoms with E-state index < -0.39 is 32.0 Å². The maximum atomic E-state index is 13.5. The van der Waals surface area contributed by atoms with E-state index in [4.69, 9.17) is 4.74 Å². The summed E-state index contributed by atoms with van der Waals surface area (Å²) in [7, 11) is -2.64. The van der Waals surface area contributed by atoms with Gasteiger partial charge in [0.25, 0.3) is 0 Å². The minimum absolute atomic E-state index is 0.0601. The third-order valence-corrected chi connectivity index (χ3v) is 6.96. The predicted octanol–water partition coefficient (Wildman–Crippen LogP) is 2.26. The number of hydrogen-bond donors (Lipinski definition) is 1. The molecular formula is C18H16F2N2O4S. The standard InChI is InChI=1S/C18H16F2N2O4S/c1-26-13-2-3-16-15(9-13)18(17(23)21-16)4-5-22(10-18)27(24,25)14-7-11(19)6-12(20)8-14/h2-3,6-9H,4-5,10H2,1H3,(H,21,23). The van der Waals surface area contributed by atoms with Crippen molar-refractivity contribution in [2.75, 3.05) is 25.5 Å². The molecule has 2 heterocycles. The van der Waals surface area contributed by atoms with Gasteiger partial charge in [-0.2, -0.15) is 4.31 Å². The second-order valence-electron chi connectivity index (χ2n) is 6.64. The van der Waals surface area contributed by atoms with Gasteiger partial charge in [-0.1, -0.05) is 0 Å². The molecule has 1 unspecified atom stereocenters. The molecule has 0 aromatic heterocycles. The van der Waals surface area contributed by atoms with Gasteiger partial charge in [-0.15, -0.1) is 0 Å². The number of carbonyl (C=O) groups is 1. The van der Waals surface area contributed by atoms with Crippen LogP contribution in [-0.4, -0.2) is 38.8 Å². The lowest BCUT2D eigenvalue weighted by Gasteiger charge is -2.23. The van der Waals surface area contributed by atoms with Crippen molar-refractivity contribution in [2.24, 2.45) is 0 Å². The van der Waals surface area contributed by atoms with Gasteiger partial charge in [0.1, 0.15) is 17.4 Å². The first-order valence-corrected chi connectivity index (χ1v) is 9.66. The number of nitrogens with zero attached hydrogens (tertiary/aromatic N) is 1.